The molecule has 0 aromatic heterocycles. The first-order valence-electron chi connectivity index (χ1n) is 9.93. The Kier molecular flexibility index (Phi) is 6.05. The number of fused-ring (bicyclic) bond motifs is 1. The van der Waals surface area contributed by atoms with E-state index in [1.807, 2.05) is 12.1 Å². The molecule has 0 aliphatic heterocycles. The standard InChI is InChI=1S/C23H31NO3/c1-23(2,3)19-7-10-20(11-8-19)27-21-9-6-17-12-16(4-5-18(17)13-21)14-24-15-22(25)26/h4-6,9,12-13,19-20,24H,7-8,10-11,14-15H2,1-3H3,(H,25,26). The SMILES string of the molecule is CC(C)(C)C1CCC(Oc2ccc3cc(CNCC(=O)O)ccc3c2)CC1. The van der Waals surface area contributed by atoms with Crippen LogP contribution in [-0.2, 0) is 11.3 Å². The van der Waals surface area contributed by atoms with Crippen LogP contribution >= 0.6 is 0 Å². The number of carboxylic acid groups (broad SMARTS) is 1. The summed E-state index contributed by atoms with van der Waals surface area (Å²) in [6, 6.07) is 12.5. The third-order valence-electron chi connectivity index (χ3n) is 5.68. The number of carboxylic acids is 1. The summed E-state index contributed by atoms with van der Waals surface area (Å²) < 4.78 is 6.27. The molecule has 0 saturated heterocycles. The molecule has 0 unspecified atom stereocenters. The number of nitrogens with one attached hydrogen (secondary N) is 1. The van der Waals surface area contributed by atoms with Gasteiger partial charge in [0, 0.05) is 6.54 Å². The van der Waals surface area contributed by atoms with Crippen LogP contribution in [0.25, 0.3) is 10.8 Å². The first-order chi connectivity index (χ1) is 12.8. The molecule has 146 valence electrons. The molecule has 2 N–H and O–H groups in total. The van der Waals surface area contributed by atoms with E-state index in [0.29, 0.717) is 18.1 Å². The van der Waals surface area contributed by atoms with Gasteiger partial charge >= 0.3 is 5.97 Å². The second-order valence-corrected chi connectivity index (χ2v) is 8.80. The summed E-state index contributed by atoms with van der Waals surface area (Å²) in [6.07, 6.45) is 5.08. The molecular weight excluding hydrogens is 338 g/mol. The van der Waals surface area contributed by atoms with E-state index in [1.54, 1.807) is 0 Å². The first-order valence-corrected chi connectivity index (χ1v) is 9.93. The average molecular weight is 370 g/mol. The Balaban J connectivity index is 1.59. The van der Waals surface area contributed by atoms with Crippen LogP contribution in [0, 0.1) is 11.3 Å². The third-order valence-corrected chi connectivity index (χ3v) is 5.68. The van der Waals surface area contributed by atoms with Gasteiger partial charge in [-0.2, -0.15) is 0 Å². The van der Waals surface area contributed by atoms with Gasteiger partial charge in [0.25, 0.3) is 0 Å². The molecule has 2 aromatic rings. The van der Waals surface area contributed by atoms with Crippen LogP contribution in [-0.4, -0.2) is 23.7 Å². The smallest absolute Gasteiger partial charge is 0.317 e. The summed E-state index contributed by atoms with van der Waals surface area (Å²) in [6.45, 7) is 7.55. The summed E-state index contributed by atoms with van der Waals surface area (Å²) in [5, 5.41) is 13.9. The van der Waals surface area contributed by atoms with Crippen LogP contribution in [0.4, 0.5) is 0 Å². The number of hydrogen-bond donors (Lipinski definition) is 2. The zero-order valence-corrected chi connectivity index (χ0v) is 16.6. The van der Waals surface area contributed by atoms with Crippen molar-refractivity contribution in [1.29, 1.82) is 0 Å². The lowest BCUT2D eigenvalue weighted by Gasteiger charge is -2.37. The van der Waals surface area contributed by atoms with Gasteiger partial charge in [0.1, 0.15) is 5.75 Å². The molecule has 0 amide bonds. The minimum Gasteiger partial charge on any atom is -0.490 e. The topological polar surface area (TPSA) is 58.6 Å². The zero-order chi connectivity index (χ0) is 19.4. The number of hydrogen-bond acceptors (Lipinski definition) is 3. The summed E-state index contributed by atoms with van der Waals surface area (Å²) in [5.41, 5.74) is 1.48. The monoisotopic (exact) mass is 369 g/mol. The van der Waals surface area contributed by atoms with Crippen molar-refractivity contribution in [3.8, 4) is 5.75 Å². The van der Waals surface area contributed by atoms with Crippen LogP contribution < -0.4 is 10.1 Å². The van der Waals surface area contributed by atoms with Crippen molar-refractivity contribution < 1.29 is 14.6 Å². The van der Waals surface area contributed by atoms with Crippen molar-refractivity contribution in [1.82, 2.24) is 5.32 Å². The van der Waals surface area contributed by atoms with E-state index in [0.717, 1.165) is 40.8 Å². The number of carbonyl (C=O) groups is 1. The Morgan fingerprint density at radius 2 is 1.74 bits per heavy atom. The quantitative estimate of drug-likeness (QED) is 0.752. The Morgan fingerprint density at radius 1 is 1.07 bits per heavy atom. The lowest BCUT2D eigenvalue weighted by atomic mass is 9.72. The highest BCUT2D eigenvalue weighted by Gasteiger charge is 2.30. The van der Waals surface area contributed by atoms with Gasteiger partial charge in [0.2, 0.25) is 0 Å². The summed E-state index contributed by atoms with van der Waals surface area (Å²) in [4.78, 5) is 10.6. The van der Waals surface area contributed by atoms with Crippen LogP contribution in [0.15, 0.2) is 36.4 Å². The fourth-order valence-corrected chi connectivity index (χ4v) is 4.01. The van der Waals surface area contributed by atoms with Gasteiger partial charge in [-0.15, -0.1) is 0 Å². The molecule has 0 radical (unpaired) electrons. The third kappa shape index (κ3) is 5.46. The second kappa shape index (κ2) is 8.30. The van der Waals surface area contributed by atoms with Crippen LogP contribution in [0.2, 0.25) is 0 Å². The molecule has 1 aliphatic carbocycles. The predicted octanol–water partition coefficient (Wildman–Crippen LogP) is 5.00. The first kappa shape index (κ1) is 19.7. The minimum atomic E-state index is -0.839. The highest BCUT2D eigenvalue weighted by molar-refractivity contribution is 5.84. The number of ether oxygens (including phenoxy) is 1. The summed E-state index contributed by atoms with van der Waals surface area (Å²) in [7, 11) is 0. The Bertz CT molecular complexity index is 786. The van der Waals surface area contributed by atoms with Gasteiger partial charge in [-0.1, -0.05) is 39.0 Å². The van der Waals surface area contributed by atoms with Gasteiger partial charge in [0.05, 0.1) is 12.6 Å². The maximum Gasteiger partial charge on any atom is 0.317 e. The molecular formula is C23H31NO3. The molecule has 3 rings (SSSR count). The van der Waals surface area contributed by atoms with E-state index in [1.165, 1.54) is 12.8 Å². The van der Waals surface area contributed by atoms with Gasteiger partial charge in [-0.25, -0.2) is 0 Å². The molecule has 27 heavy (non-hydrogen) atoms. The highest BCUT2D eigenvalue weighted by atomic mass is 16.5. The lowest BCUT2D eigenvalue weighted by Crippen LogP contribution is -2.30. The molecule has 4 heteroatoms. The zero-order valence-electron chi connectivity index (χ0n) is 16.6. The van der Waals surface area contributed by atoms with E-state index in [-0.39, 0.29) is 6.54 Å². The fraction of sp³-hybridized carbons (Fsp3) is 0.522. The molecule has 1 fully saturated rings. The van der Waals surface area contributed by atoms with E-state index >= 15 is 0 Å². The molecule has 0 bridgehead atoms. The minimum absolute atomic E-state index is 0.0255. The van der Waals surface area contributed by atoms with Gasteiger partial charge in [-0.05, 0) is 71.6 Å². The maximum absolute atomic E-state index is 10.6. The molecule has 1 saturated carbocycles. The van der Waals surface area contributed by atoms with E-state index < -0.39 is 5.97 Å². The maximum atomic E-state index is 10.6. The molecule has 1 aliphatic rings. The number of aliphatic carboxylic acids is 1. The normalized spacial score (nSPS) is 20.6. The van der Waals surface area contributed by atoms with Crippen molar-refractivity contribution >= 4 is 16.7 Å². The highest BCUT2D eigenvalue weighted by Crippen LogP contribution is 2.39. The van der Waals surface area contributed by atoms with Crippen molar-refractivity contribution in [2.75, 3.05) is 6.54 Å². The van der Waals surface area contributed by atoms with Crippen molar-refractivity contribution in [3.63, 3.8) is 0 Å². The Labute approximate surface area is 161 Å². The molecule has 0 heterocycles. The van der Waals surface area contributed by atoms with Crippen LogP contribution in [0.5, 0.6) is 5.75 Å². The molecule has 4 nitrogen and oxygen atoms in total. The van der Waals surface area contributed by atoms with Crippen LogP contribution in [0.3, 0.4) is 0 Å². The van der Waals surface area contributed by atoms with Crippen molar-refractivity contribution in [3.05, 3.63) is 42.0 Å². The van der Waals surface area contributed by atoms with E-state index in [4.69, 9.17) is 9.84 Å². The molecule has 2 aromatic carbocycles. The lowest BCUT2D eigenvalue weighted by molar-refractivity contribution is -0.135. The number of benzene rings is 2. The largest absolute Gasteiger partial charge is 0.490 e. The van der Waals surface area contributed by atoms with E-state index in [9.17, 15) is 4.79 Å². The van der Waals surface area contributed by atoms with Crippen LogP contribution in [0.1, 0.15) is 52.0 Å². The van der Waals surface area contributed by atoms with Gasteiger partial charge in [0.15, 0.2) is 0 Å². The van der Waals surface area contributed by atoms with Crippen molar-refractivity contribution in [2.24, 2.45) is 11.3 Å². The molecule has 0 spiro atoms. The summed E-state index contributed by atoms with van der Waals surface area (Å²) >= 11 is 0. The van der Waals surface area contributed by atoms with Gasteiger partial charge in [-0.3, -0.25) is 4.79 Å². The average Bonchev–Trinajstić information content (AvgIpc) is 2.61. The number of rotatable bonds is 6. The summed E-state index contributed by atoms with van der Waals surface area (Å²) in [5.74, 6) is 0.898. The predicted molar refractivity (Wildman–Crippen MR) is 109 cm³/mol. The Morgan fingerprint density at radius 3 is 2.41 bits per heavy atom. The fourth-order valence-electron chi connectivity index (χ4n) is 4.01. The Hall–Kier alpha value is -2.07. The van der Waals surface area contributed by atoms with Crippen molar-refractivity contribution in [2.45, 2.75) is 59.1 Å². The van der Waals surface area contributed by atoms with E-state index in [2.05, 4.69) is 50.4 Å². The van der Waals surface area contributed by atoms with Gasteiger partial charge < -0.3 is 15.2 Å². The second-order valence-electron chi connectivity index (χ2n) is 8.80. The molecule has 0 atom stereocenters.